The second-order valence-corrected chi connectivity index (χ2v) is 8.07. The van der Waals surface area contributed by atoms with Crippen LogP contribution in [-0.4, -0.2) is 15.3 Å². The largest absolute Gasteiger partial charge is 0.502 e. The molecule has 1 unspecified atom stereocenters. The summed E-state index contributed by atoms with van der Waals surface area (Å²) in [5.74, 6) is 0.0229. The Morgan fingerprint density at radius 2 is 0.844 bits per heavy atom. The van der Waals surface area contributed by atoms with Gasteiger partial charge in [-0.15, -0.1) is 0 Å². The Morgan fingerprint density at radius 1 is 0.562 bits per heavy atom. The zero-order chi connectivity index (χ0) is 22.8. The maximum atomic E-state index is 9.99. The van der Waals surface area contributed by atoms with Crippen LogP contribution in [0.25, 0.3) is 0 Å². The van der Waals surface area contributed by atoms with E-state index >= 15 is 0 Å². The lowest BCUT2D eigenvalue weighted by Crippen LogP contribution is -2.18. The summed E-state index contributed by atoms with van der Waals surface area (Å²) in [6, 6.07) is 39.7. The molecule has 0 bridgehead atoms. The zero-order valence-corrected chi connectivity index (χ0v) is 18.9. The van der Waals surface area contributed by atoms with Gasteiger partial charge in [0, 0.05) is 11.8 Å². The normalized spacial score (nSPS) is 11.5. The van der Waals surface area contributed by atoms with Crippen LogP contribution < -0.4 is 0 Å². The van der Waals surface area contributed by atoms with Crippen LogP contribution in [-0.2, 0) is 0 Å². The second kappa shape index (κ2) is 11.9. The molecule has 1 atom stereocenters. The van der Waals surface area contributed by atoms with Crippen molar-refractivity contribution in [3.8, 4) is 0 Å². The highest BCUT2D eigenvalue weighted by Crippen LogP contribution is 2.32. The van der Waals surface area contributed by atoms with E-state index < -0.39 is 6.10 Å². The third kappa shape index (κ3) is 6.36. The first-order valence-corrected chi connectivity index (χ1v) is 11.1. The van der Waals surface area contributed by atoms with Crippen molar-refractivity contribution in [2.24, 2.45) is 5.92 Å². The first kappa shape index (κ1) is 23.4. The number of benzene rings is 4. The Balaban J connectivity index is 0.000000186. The van der Waals surface area contributed by atoms with Crippen LogP contribution in [0.15, 0.2) is 121 Å². The van der Waals surface area contributed by atoms with Crippen LogP contribution in [0, 0.1) is 5.92 Å². The maximum Gasteiger partial charge on any atom is 0.160 e. The molecule has 0 heterocycles. The lowest BCUT2D eigenvalue weighted by Gasteiger charge is -2.23. The van der Waals surface area contributed by atoms with Gasteiger partial charge in [-0.05, 0) is 34.5 Å². The molecule has 2 nitrogen and oxygen atoms in total. The van der Waals surface area contributed by atoms with Crippen molar-refractivity contribution in [1.29, 1.82) is 0 Å². The third-order valence-corrected chi connectivity index (χ3v) is 5.81. The molecule has 4 rings (SSSR count). The summed E-state index contributed by atoms with van der Waals surface area (Å²) < 4.78 is 0. The SMILES string of the molecule is CC(C(O)=S)C(c1ccccc1)c1ccccc1.OC(c1ccccc1)c1ccccc1. The topological polar surface area (TPSA) is 40.5 Å². The van der Waals surface area contributed by atoms with E-state index in [0.29, 0.717) is 0 Å². The first-order valence-electron chi connectivity index (χ1n) is 10.7. The van der Waals surface area contributed by atoms with Crippen molar-refractivity contribution in [2.75, 3.05) is 0 Å². The molecule has 0 fully saturated rings. The number of aliphatic hydroxyl groups excluding tert-OH is 2. The minimum Gasteiger partial charge on any atom is -0.502 e. The number of hydrogen-bond donors (Lipinski definition) is 2. The van der Waals surface area contributed by atoms with Crippen molar-refractivity contribution in [1.82, 2.24) is 0 Å². The predicted molar refractivity (Wildman–Crippen MR) is 136 cm³/mol. The van der Waals surface area contributed by atoms with E-state index in [4.69, 9.17) is 12.2 Å². The summed E-state index contributed by atoms with van der Waals surface area (Å²) >= 11 is 4.95. The highest BCUT2D eigenvalue weighted by molar-refractivity contribution is 7.80. The van der Waals surface area contributed by atoms with Gasteiger partial charge in [-0.25, -0.2) is 0 Å². The van der Waals surface area contributed by atoms with E-state index in [2.05, 4.69) is 24.3 Å². The molecule has 0 aliphatic heterocycles. The van der Waals surface area contributed by atoms with Gasteiger partial charge < -0.3 is 10.2 Å². The molecule has 2 N–H and O–H groups in total. The number of aliphatic hydroxyl groups is 2. The minimum absolute atomic E-state index is 0.0627. The molecule has 0 radical (unpaired) electrons. The zero-order valence-electron chi connectivity index (χ0n) is 18.1. The summed E-state index contributed by atoms with van der Waals surface area (Å²) in [5.41, 5.74) is 4.21. The van der Waals surface area contributed by atoms with Crippen molar-refractivity contribution in [3.05, 3.63) is 144 Å². The van der Waals surface area contributed by atoms with Gasteiger partial charge in [-0.1, -0.05) is 128 Å². The van der Waals surface area contributed by atoms with E-state index in [1.165, 1.54) is 11.1 Å². The van der Waals surface area contributed by atoms with Crippen molar-refractivity contribution >= 4 is 17.3 Å². The Labute approximate surface area is 195 Å². The van der Waals surface area contributed by atoms with Crippen LogP contribution >= 0.6 is 12.2 Å². The van der Waals surface area contributed by atoms with Crippen molar-refractivity contribution in [2.45, 2.75) is 18.9 Å². The molecule has 3 heteroatoms. The van der Waals surface area contributed by atoms with Crippen LogP contribution in [0.5, 0.6) is 0 Å². The summed E-state index contributed by atoms with van der Waals surface area (Å²) in [7, 11) is 0. The lowest BCUT2D eigenvalue weighted by atomic mass is 9.82. The average Bonchev–Trinajstić information content (AvgIpc) is 2.86. The molecule has 4 aromatic rings. The fraction of sp³-hybridized carbons (Fsp3) is 0.138. The van der Waals surface area contributed by atoms with E-state index in [9.17, 15) is 10.2 Å². The van der Waals surface area contributed by atoms with Gasteiger partial charge in [0.05, 0.1) is 0 Å². The van der Waals surface area contributed by atoms with Gasteiger partial charge in [0.1, 0.15) is 6.10 Å². The van der Waals surface area contributed by atoms with Crippen LogP contribution in [0.2, 0.25) is 0 Å². The minimum atomic E-state index is -0.516. The summed E-state index contributed by atoms with van der Waals surface area (Å²) in [4.78, 5) is 0. The number of thiocarbonyl (C=S) groups is 1. The Bertz CT molecular complexity index is 988. The van der Waals surface area contributed by atoms with E-state index in [1.54, 1.807) is 0 Å². The molecule has 0 aromatic heterocycles. The van der Waals surface area contributed by atoms with Gasteiger partial charge >= 0.3 is 0 Å². The van der Waals surface area contributed by atoms with Gasteiger partial charge in [0.25, 0.3) is 0 Å². The van der Waals surface area contributed by atoms with E-state index in [1.807, 2.05) is 104 Å². The third-order valence-electron chi connectivity index (χ3n) is 5.44. The van der Waals surface area contributed by atoms with Gasteiger partial charge in [-0.2, -0.15) is 0 Å². The predicted octanol–water partition coefficient (Wildman–Crippen LogP) is 7.11. The molecule has 162 valence electrons. The molecular formula is C29H28O2S. The van der Waals surface area contributed by atoms with Crippen LogP contribution in [0.3, 0.4) is 0 Å². The van der Waals surface area contributed by atoms with Crippen molar-refractivity contribution in [3.63, 3.8) is 0 Å². The van der Waals surface area contributed by atoms with Gasteiger partial charge in [-0.3, -0.25) is 0 Å². The standard InChI is InChI=1S/C16H16OS.C13H12O/c1-12(16(17)18)15(13-8-4-2-5-9-13)14-10-6-3-7-11-14;14-13(11-7-3-1-4-8-11)12-9-5-2-6-10-12/h2-12,15H,1H3,(H,17,18);1-10,13-14H. The average molecular weight is 441 g/mol. The van der Waals surface area contributed by atoms with Gasteiger partial charge in [0.2, 0.25) is 0 Å². The smallest absolute Gasteiger partial charge is 0.160 e. The second-order valence-electron chi connectivity index (χ2n) is 7.65. The highest BCUT2D eigenvalue weighted by Gasteiger charge is 2.24. The quantitative estimate of drug-likeness (QED) is 0.314. The lowest BCUT2D eigenvalue weighted by molar-refractivity contribution is 0.220. The Kier molecular flexibility index (Phi) is 8.73. The summed E-state index contributed by atoms with van der Waals surface area (Å²) in [6.07, 6.45) is -0.516. The molecule has 0 spiro atoms. The number of hydrogen-bond acceptors (Lipinski definition) is 2. The molecule has 0 amide bonds. The Hall–Kier alpha value is -3.27. The molecular weight excluding hydrogens is 412 g/mol. The molecule has 0 saturated heterocycles. The van der Waals surface area contributed by atoms with Crippen LogP contribution in [0.4, 0.5) is 0 Å². The summed E-state index contributed by atoms with van der Waals surface area (Å²) in [6.45, 7) is 1.97. The fourth-order valence-corrected chi connectivity index (χ4v) is 3.83. The molecule has 0 saturated carbocycles. The van der Waals surface area contributed by atoms with Gasteiger partial charge in [0.15, 0.2) is 5.05 Å². The Morgan fingerprint density at radius 3 is 1.12 bits per heavy atom. The highest BCUT2D eigenvalue weighted by atomic mass is 32.1. The van der Waals surface area contributed by atoms with Crippen LogP contribution in [0.1, 0.15) is 41.2 Å². The first-order chi connectivity index (χ1) is 15.6. The monoisotopic (exact) mass is 440 g/mol. The molecule has 4 aromatic carbocycles. The molecule has 0 aliphatic carbocycles. The molecule has 0 aliphatic rings. The maximum absolute atomic E-state index is 9.99. The number of rotatable bonds is 6. The van der Waals surface area contributed by atoms with E-state index in [0.717, 1.165) is 11.1 Å². The molecule has 32 heavy (non-hydrogen) atoms. The summed E-state index contributed by atoms with van der Waals surface area (Å²) in [5, 5.41) is 19.7. The van der Waals surface area contributed by atoms with E-state index in [-0.39, 0.29) is 16.9 Å². The van der Waals surface area contributed by atoms with Crippen molar-refractivity contribution < 1.29 is 10.2 Å². The fourth-order valence-electron chi connectivity index (χ4n) is 3.70.